The van der Waals surface area contributed by atoms with Gasteiger partial charge in [0, 0.05) is 18.6 Å². The van der Waals surface area contributed by atoms with Gasteiger partial charge in [-0.25, -0.2) is 0 Å². The van der Waals surface area contributed by atoms with Gasteiger partial charge in [0.1, 0.15) is 5.54 Å². The summed E-state index contributed by atoms with van der Waals surface area (Å²) in [5, 5.41) is 3.66. The van der Waals surface area contributed by atoms with Crippen molar-refractivity contribution in [1.82, 2.24) is 10.2 Å². The van der Waals surface area contributed by atoms with Crippen LogP contribution in [0.4, 0.5) is 0 Å². The Hall–Kier alpha value is -0.610. The second kappa shape index (κ2) is 6.25. The van der Waals surface area contributed by atoms with Crippen molar-refractivity contribution < 1.29 is 4.79 Å². The summed E-state index contributed by atoms with van der Waals surface area (Å²) >= 11 is 0. The molecule has 2 saturated carbocycles. The number of primary amides is 1. The number of carbonyl (C=O) groups excluding carboxylic acids is 1. The van der Waals surface area contributed by atoms with Crippen LogP contribution in [0.1, 0.15) is 64.7 Å². The Morgan fingerprint density at radius 3 is 2.52 bits per heavy atom. The van der Waals surface area contributed by atoms with Gasteiger partial charge in [-0.15, -0.1) is 0 Å². The number of amides is 1. The molecule has 3 rings (SSSR count). The maximum Gasteiger partial charge on any atom is 0.239 e. The molecule has 0 aromatic rings. The Kier molecular flexibility index (Phi) is 4.55. The molecular weight excluding hydrogens is 262 g/mol. The number of likely N-dealkylation sites (tertiary alicyclic amines) is 1. The number of nitrogens with two attached hydrogens (primary N) is 1. The molecule has 1 amide bonds. The van der Waals surface area contributed by atoms with Gasteiger partial charge >= 0.3 is 0 Å². The fraction of sp³-hybridized carbons (Fsp3) is 0.941. The van der Waals surface area contributed by atoms with Crippen LogP contribution >= 0.6 is 0 Å². The molecule has 1 aliphatic heterocycles. The first-order valence-corrected chi connectivity index (χ1v) is 8.97. The van der Waals surface area contributed by atoms with Crippen molar-refractivity contribution in [2.75, 3.05) is 13.1 Å². The van der Waals surface area contributed by atoms with E-state index < -0.39 is 5.54 Å². The van der Waals surface area contributed by atoms with Crippen LogP contribution in [0.3, 0.4) is 0 Å². The molecule has 4 heteroatoms. The van der Waals surface area contributed by atoms with Gasteiger partial charge in [0.2, 0.25) is 5.91 Å². The van der Waals surface area contributed by atoms with E-state index in [-0.39, 0.29) is 5.91 Å². The second-order valence-electron chi connectivity index (χ2n) is 7.41. The molecule has 4 nitrogen and oxygen atoms in total. The monoisotopic (exact) mass is 293 g/mol. The molecule has 0 bridgehead atoms. The molecule has 1 heterocycles. The summed E-state index contributed by atoms with van der Waals surface area (Å²) in [5.74, 6) is 0.354. The molecule has 21 heavy (non-hydrogen) atoms. The minimum absolute atomic E-state index is 0.115. The van der Waals surface area contributed by atoms with E-state index in [1.807, 2.05) is 0 Å². The predicted molar refractivity (Wildman–Crippen MR) is 84.9 cm³/mol. The largest absolute Gasteiger partial charge is 0.368 e. The van der Waals surface area contributed by atoms with Crippen LogP contribution in [0.5, 0.6) is 0 Å². The maximum absolute atomic E-state index is 12.4. The highest BCUT2D eigenvalue weighted by molar-refractivity contribution is 5.86. The van der Waals surface area contributed by atoms with Crippen molar-refractivity contribution >= 4 is 5.91 Å². The van der Waals surface area contributed by atoms with Gasteiger partial charge in [-0.2, -0.15) is 0 Å². The van der Waals surface area contributed by atoms with E-state index in [0.717, 1.165) is 25.9 Å². The van der Waals surface area contributed by atoms with Crippen molar-refractivity contribution in [1.29, 1.82) is 0 Å². The van der Waals surface area contributed by atoms with E-state index in [9.17, 15) is 4.79 Å². The van der Waals surface area contributed by atoms with Gasteiger partial charge in [0.05, 0.1) is 0 Å². The Bertz CT molecular complexity index is 378. The number of rotatable bonds is 7. The Morgan fingerprint density at radius 1 is 1.19 bits per heavy atom. The van der Waals surface area contributed by atoms with E-state index in [4.69, 9.17) is 5.73 Å². The van der Waals surface area contributed by atoms with Gasteiger partial charge in [0.25, 0.3) is 0 Å². The molecule has 3 aliphatic rings. The number of nitrogens with one attached hydrogen (secondary N) is 1. The lowest BCUT2D eigenvalue weighted by Gasteiger charge is -2.40. The first-order valence-electron chi connectivity index (χ1n) is 8.97. The first-order chi connectivity index (χ1) is 10.2. The third-order valence-electron chi connectivity index (χ3n) is 5.68. The molecule has 2 unspecified atom stereocenters. The number of nitrogens with zero attached hydrogens (tertiary/aromatic N) is 1. The highest BCUT2D eigenvalue weighted by Gasteiger charge is 2.53. The van der Waals surface area contributed by atoms with Crippen molar-refractivity contribution in [3.63, 3.8) is 0 Å². The highest BCUT2D eigenvalue weighted by atomic mass is 16.1. The average molecular weight is 293 g/mol. The summed E-state index contributed by atoms with van der Waals surface area (Å²) in [4.78, 5) is 14.9. The van der Waals surface area contributed by atoms with E-state index in [1.54, 1.807) is 0 Å². The van der Waals surface area contributed by atoms with E-state index in [2.05, 4.69) is 17.1 Å². The summed E-state index contributed by atoms with van der Waals surface area (Å²) in [6.45, 7) is 4.25. The van der Waals surface area contributed by atoms with Crippen molar-refractivity contribution in [2.24, 2.45) is 11.7 Å². The topological polar surface area (TPSA) is 58.4 Å². The quantitative estimate of drug-likeness (QED) is 0.755. The molecule has 0 spiro atoms. The van der Waals surface area contributed by atoms with E-state index in [0.29, 0.717) is 18.0 Å². The maximum atomic E-state index is 12.4. The minimum atomic E-state index is -0.459. The lowest BCUT2D eigenvalue weighted by Crippen LogP contribution is -2.64. The fourth-order valence-electron chi connectivity index (χ4n) is 4.04. The number of carbonyl (C=O) groups is 1. The van der Waals surface area contributed by atoms with Gasteiger partial charge in [-0.1, -0.05) is 19.8 Å². The third-order valence-corrected chi connectivity index (χ3v) is 5.68. The summed E-state index contributed by atoms with van der Waals surface area (Å²) in [6.07, 6.45) is 11.1. The van der Waals surface area contributed by atoms with E-state index >= 15 is 0 Å². The molecule has 0 radical (unpaired) electrons. The Balaban J connectivity index is 1.76. The zero-order chi connectivity index (χ0) is 14.9. The van der Waals surface area contributed by atoms with Gasteiger partial charge in [-0.3, -0.25) is 15.0 Å². The number of hydrogen-bond donors (Lipinski definition) is 2. The standard InChI is InChI=1S/C17H31N3O/c1-2-15-6-4-3-5-11-20(15)12-17(16(18)21,13-7-8-13)19-14-9-10-14/h13-15,19H,2-12H2,1H3,(H2,18,21). The second-order valence-corrected chi connectivity index (χ2v) is 7.41. The highest BCUT2D eigenvalue weighted by Crippen LogP contribution is 2.42. The van der Waals surface area contributed by atoms with Crippen LogP contribution < -0.4 is 11.1 Å². The Morgan fingerprint density at radius 2 is 1.95 bits per heavy atom. The van der Waals surface area contributed by atoms with Crippen molar-refractivity contribution in [3.8, 4) is 0 Å². The SMILES string of the molecule is CCC1CCCCCN1CC(NC1CC1)(C(N)=O)C1CC1. The van der Waals surface area contributed by atoms with E-state index in [1.165, 1.54) is 44.9 Å². The van der Waals surface area contributed by atoms with Gasteiger partial charge < -0.3 is 5.73 Å². The van der Waals surface area contributed by atoms with Crippen LogP contribution in [-0.2, 0) is 4.79 Å². The molecule has 3 fully saturated rings. The normalized spacial score (nSPS) is 30.6. The molecule has 2 atom stereocenters. The molecular formula is C17H31N3O. The molecule has 1 saturated heterocycles. The van der Waals surface area contributed by atoms with Crippen LogP contribution in [0.2, 0.25) is 0 Å². The first kappa shape index (κ1) is 15.3. The fourth-order valence-corrected chi connectivity index (χ4v) is 4.04. The molecule has 0 aromatic heterocycles. The van der Waals surface area contributed by atoms with Crippen molar-refractivity contribution in [3.05, 3.63) is 0 Å². The zero-order valence-corrected chi connectivity index (χ0v) is 13.4. The summed E-state index contributed by atoms with van der Waals surface area (Å²) < 4.78 is 0. The van der Waals surface area contributed by atoms with Crippen molar-refractivity contribution in [2.45, 2.75) is 82.3 Å². The van der Waals surface area contributed by atoms with Crippen LogP contribution in [-0.4, -0.2) is 41.5 Å². The summed E-state index contributed by atoms with van der Waals surface area (Å²) in [5.41, 5.74) is 5.44. The average Bonchev–Trinajstić information content (AvgIpc) is 3.30. The molecule has 3 N–H and O–H groups in total. The third kappa shape index (κ3) is 3.42. The molecule has 120 valence electrons. The van der Waals surface area contributed by atoms with Crippen LogP contribution in [0.25, 0.3) is 0 Å². The summed E-state index contributed by atoms with van der Waals surface area (Å²) in [6, 6.07) is 1.16. The van der Waals surface area contributed by atoms with Gasteiger partial charge in [0.15, 0.2) is 0 Å². The Labute approximate surface area is 128 Å². The minimum Gasteiger partial charge on any atom is -0.368 e. The lowest BCUT2D eigenvalue weighted by atomic mass is 9.90. The lowest BCUT2D eigenvalue weighted by molar-refractivity contribution is -0.126. The summed E-state index contributed by atoms with van der Waals surface area (Å²) in [7, 11) is 0. The smallest absolute Gasteiger partial charge is 0.239 e. The number of hydrogen-bond acceptors (Lipinski definition) is 3. The van der Waals surface area contributed by atoms with Crippen LogP contribution in [0, 0.1) is 5.92 Å². The molecule has 2 aliphatic carbocycles. The van der Waals surface area contributed by atoms with Crippen LogP contribution in [0.15, 0.2) is 0 Å². The zero-order valence-electron chi connectivity index (χ0n) is 13.4. The van der Waals surface area contributed by atoms with Gasteiger partial charge in [-0.05, 0) is 57.4 Å². The molecule has 0 aromatic carbocycles. The predicted octanol–water partition coefficient (Wildman–Crippen LogP) is 2.03.